The maximum absolute atomic E-state index is 12.6. The molecular weight excluding hydrogens is 319 g/mol. The fraction of sp³-hybridized carbons (Fsp3) is 0.429. The van der Waals surface area contributed by atoms with Gasteiger partial charge in [0.1, 0.15) is 6.04 Å². The van der Waals surface area contributed by atoms with Gasteiger partial charge in [-0.3, -0.25) is 4.79 Å². The van der Waals surface area contributed by atoms with Crippen LogP contribution in [0.15, 0.2) is 29.2 Å². The van der Waals surface area contributed by atoms with Crippen LogP contribution in [0.25, 0.3) is 0 Å². The van der Waals surface area contributed by atoms with Crippen molar-refractivity contribution in [3.8, 4) is 0 Å². The minimum Gasteiger partial charge on any atom is -0.480 e. The van der Waals surface area contributed by atoms with Crippen LogP contribution in [-0.4, -0.2) is 28.8 Å². The van der Waals surface area contributed by atoms with E-state index in [0.29, 0.717) is 4.90 Å². The van der Waals surface area contributed by atoms with E-state index in [4.69, 9.17) is 5.11 Å². The standard InChI is InChI=1S/C14H16F3NO3S/c1-8(2)12(13(20)21)18-11(19)7-22-10-5-3-4-9(6-10)14(15,16)17/h3-6,8,12H,7H2,1-2H3,(H,18,19)(H,20,21)/t12-/m1/s1. The van der Waals surface area contributed by atoms with Gasteiger partial charge in [-0.1, -0.05) is 19.9 Å². The van der Waals surface area contributed by atoms with Gasteiger partial charge in [-0.2, -0.15) is 13.2 Å². The van der Waals surface area contributed by atoms with Crippen LogP contribution in [-0.2, 0) is 15.8 Å². The van der Waals surface area contributed by atoms with Crippen LogP contribution in [0, 0.1) is 5.92 Å². The average molecular weight is 335 g/mol. The Morgan fingerprint density at radius 3 is 2.45 bits per heavy atom. The lowest BCUT2D eigenvalue weighted by Crippen LogP contribution is -2.45. The molecule has 0 aliphatic rings. The summed E-state index contributed by atoms with van der Waals surface area (Å²) in [5.41, 5.74) is -0.788. The molecule has 1 aromatic carbocycles. The number of benzene rings is 1. The van der Waals surface area contributed by atoms with Crippen molar-refractivity contribution >= 4 is 23.6 Å². The molecule has 122 valence electrons. The van der Waals surface area contributed by atoms with Crippen molar-refractivity contribution < 1.29 is 27.9 Å². The molecule has 0 spiro atoms. The normalized spacial score (nSPS) is 13.0. The van der Waals surface area contributed by atoms with Crippen molar-refractivity contribution in [3.05, 3.63) is 29.8 Å². The molecule has 0 aliphatic carbocycles. The van der Waals surface area contributed by atoms with E-state index in [2.05, 4.69) is 5.32 Å². The summed E-state index contributed by atoms with van der Waals surface area (Å²) in [5, 5.41) is 11.3. The third kappa shape index (κ3) is 5.59. The Hall–Kier alpha value is -1.70. The van der Waals surface area contributed by atoms with Crippen LogP contribution in [0.3, 0.4) is 0 Å². The van der Waals surface area contributed by atoms with Crippen molar-refractivity contribution in [2.24, 2.45) is 5.92 Å². The molecule has 1 amide bonds. The van der Waals surface area contributed by atoms with Gasteiger partial charge >= 0.3 is 12.1 Å². The SMILES string of the molecule is CC(C)[C@@H](NC(=O)CSc1cccc(C(F)(F)F)c1)C(=O)O. The predicted molar refractivity (Wildman–Crippen MR) is 76.6 cm³/mol. The molecule has 0 aliphatic heterocycles. The van der Waals surface area contributed by atoms with Crippen molar-refractivity contribution in [1.82, 2.24) is 5.32 Å². The van der Waals surface area contributed by atoms with Crippen LogP contribution in [0.2, 0.25) is 0 Å². The summed E-state index contributed by atoms with van der Waals surface area (Å²) >= 11 is 0.919. The first-order chi connectivity index (χ1) is 10.1. The highest BCUT2D eigenvalue weighted by Crippen LogP contribution is 2.31. The fourth-order valence-corrected chi connectivity index (χ4v) is 2.41. The molecule has 0 saturated heterocycles. The molecule has 22 heavy (non-hydrogen) atoms. The number of thioether (sulfide) groups is 1. The molecule has 0 unspecified atom stereocenters. The number of carboxylic acid groups (broad SMARTS) is 1. The molecule has 0 fully saturated rings. The lowest BCUT2D eigenvalue weighted by Gasteiger charge is -2.17. The maximum atomic E-state index is 12.6. The van der Waals surface area contributed by atoms with Gasteiger partial charge in [0.15, 0.2) is 0 Å². The number of amides is 1. The van der Waals surface area contributed by atoms with Crippen LogP contribution < -0.4 is 5.32 Å². The van der Waals surface area contributed by atoms with Gasteiger partial charge in [-0.05, 0) is 24.1 Å². The third-order valence-electron chi connectivity index (χ3n) is 2.78. The summed E-state index contributed by atoms with van der Waals surface area (Å²) in [5.74, 6) is -2.13. The topological polar surface area (TPSA) is 66.4 Å². The predicted octanol–water partition coefficient (Wildman–Crippen LogP) is 3.02. The van der Waals surface area contributed by atoms with Crippen LogP contribution in [0.5, 0.6) is 0 Å². The zero-order valence-electron chi connectivity index (χ0n) is 12.0. The van der Waals surface area contributed by atoms with E-state index in [1.807, 2.05) is 0 Å². The Labute approximate surface area is 130 Å². The van der Waals surface area contributed by atoms with Crippen molar-refractivity contribution in [2.45, 2.75) is 31.0 Å². The quantitative estimate of drug-likeness (QED) is 0.784. The third-order valence-corrected chi connectivity index (χ3v) is 3.77. The molecule has 0 radical (unpaired) electrons. The Morgan fingerprint density at radius 2 is 1.95 bits per heavy atom. The Morgan fingerprint density at radius 1 is 1.32 bits per heavy atom. The van der Waals surface area contributed by atoms with Crippen LogP contribution in [0.4, 0.5) is 13.2 Å². The molecule has 8 heteroatoms. The number of nitrogens with one attached hydrogen (secondary N) is 1. The number of alkyl halides is 3. The molecule has 1 rings (SSSR count). The van der Waals surface area contributed by atoms with E-state index in [1.165, 1.54) is 12.1 Å². The van der Waals surface area contributed by atoms with E-state index in [-0.39, 0.29) is 11.7 Å². The van der Waals surface area contributed by atoms with Gasteiger partial charge in [0.05, 0.1) is 11.3 Å². The summed E-state index contributed by atoms with van der Waals surface area (Å²) < 4.78 is 37.7. The van der Waals surface area contributed by atoms with E-state index in [9.17, 15) is 22.8 Å². The molecule has 0 aromatic heterocycles. The Balaban J connectivity index is 2.63. The zero-order chi connectivity index (χ0) is 16.9. The van der Waals surface area contributed by atoms with Gasteiger partial charge in [0.2, 0.25) is 5.91 Å². The van der Waals surface area contributed by atoms with Crippen molar-refractivity contribution in [2.75, 3.05) is 5.75 Å². The molecule has 0 bridgehead atoms. The average Bonchev–Trinajstić information content (AvgIpc) is 2.41. The molecule has 1 aromatic rings. The highest BCUT2D eigenvalue weighted by Gasteiger charge is 2.30. The van der Waals surface area contributed by atoms with E-state index in [1.54, 1.807) is 13.8 Å². The largest absolute Gasteiger partial charge is 0.480 e. The second-order valence-electron chi connectivity index (χ2n) is 4.94. The number of carbonyl (C=O) groups excluding carboxylic acids is 1. The minimum absolute atomic E-state index is 0.155. The van der Waals surface area contributed by atoms with Gasteiger partial charge in [-0.25, -0.2) is 4.79 Å². The monoisotopic (exact) mass is 335 g/mol. The van der Waals surface area contributed by atoms with Gasteiger partial charge in [0, 0.05) is 4.90 Å². The number of hydrogen-bond donors (Lipinski definition) is 2. The molecule has 0 saturated carbocycles. The number of carbonyl (C=O) groups is 2. The summed E-state index contributed by atoms with van der Waals surface area (Å²) in [6, 6.07) is 3.61. The number of rotatable bonds is 6. The van der Waals surface area contributed by atoms with E-state index < -0.39 is 29.7 Å². The summed E-state index contributed by atoms with van der Waals surface area (Å²) in [4.78, 5) is 23.0. The van der Waals surface area contributed by atoms with Crippen molar-refractivity contribution in [3.63, 3.8) is 0 Å². The molecule has 1 atom stereocenters. The molecular formula is C14H16F3NO3S. The first kappa shape index (κ1) is 18.3. The Bertz CT molecular complexity index is 546. The van der Waals surface area contributed by atoms with Crippen molar-refractivity contribution in [1.29, 1.82) is 0 Å². The van der Waals surface area contributed by atoms with Crippen LogP contribution >= 0.6 is 11.8 Å². The lowest BCUT2D eigenvalue weighted by atomic mass is 10.1. The summed E-state index contributed by atoms with van der Waals surface area (Å²) in [6.07, 6.45) is -4.44. The second-order valence-corrected chi connectivity index (χ2v) is 5.99. The van der Waals surface area contributed by atoms with E-state index >= 15 is 0 Å². The molecule has 4 nitrogen and oxygen atoms in total. The van der Waals surface area contributed by atoms with Gasteiger partial charge < -0.3 is 10.4 Å². The van der Waals surface area contributed by atoms with Crippen LogP contribution in [0.1, 0.15) is 19.4 Å². The fourth-order valence-electron chi connectivity index (χ4n) is 1.64. The first-order valence-electron chi connectivity index (χ1n) is 6.43. The smallest absolute Gasteiger partial charge is 0.416 e. The zero-order valence-corrected chi connectivity index (χ0v) is 12.8. The number of aliphatic carboxylic acids is 1. The maximum Gasteiger partial charge on any atom is 0.416 e. The number of halogens is 3. The molecule has 2 N–H and O–H groups in total. The lowest BCUT2D eigenvalue weighted by molar-refractivity contribution is -0.142. The second kappa shape index (κ2) is 7.53. The number of hydrogen-bond acceptors (Lipinski definition) is 3. The highest BCUT2D eigenvalue weighted by atomic mass is 32.2. The highest BCUT2D eigenvalue weighted by molar-refractivity contribution is 8.00. The summed E-state index contributed by atoms with van der Waals surface area (Å²) in [6.45, 7) is 3.30. The molecule has 0 heterocycles. The first-order valence-corrected chi connectivity index (χ1v) is 7.42. The summed E-state index contributed by atoms with van der Waals surface area (Å²) in [7, 11) is 0. The van der Waals surface area contributed by atoms with Gasteiger partial charge in [-0.15, -0.1) is 11.8 Å². The van der Waals surface area contributed by atoms with Gasteiger partial charge in [0.25, 0.3) is 0 Å². The Kier molecular flexibility index (Phi) is 6.28. The van der Waals surface area contributed by atoms with E-state index in [0.717, 1.165) is 23.9 Å². The minimum atomic E-state index is -4.44. The number of carboxylic acids is 1.